The first-order valence-electron chi connectivity index (χ1n) is 8.27. The highest BCUT2D eigenvalue weighted by Crippen LogP contribution is 2.34. The minimum atomic E-state index is 0.505. The molecule has 0 bridgehead atoms. The van der Waals surface area contributed by atoms with Crippen molar-refractivity contribution in [3.63, 3.8) is 0 Å². The van der Waals surface area contributed by atoms with Gasteiger partial charge in [-0.2, -0.15) is 0 Å². The zero-order valence-corrected chi connectivity index (χ0v) is 15.1. The summed E-state index contributed by atoms with van der Waals surface area (Å²) in [4.78, 5) is 4.71. The van der Waals surface area contributed by atoms with Crippen LogP contribution in [-0.2, 0) is 6.61 Å². The molecule has 2 heterocycles. The Labute approximate surface area is 156 Å². The molecule has 0 unspecified atom stereocenters. The van der Waals surface area contributed by atoms with Gasteiger partial charge < -0.3 is 14.0 Å². The molecule has 2 aromatic heterocycles. The van der Waals surface area contributed by atoms with E-state index in [1.165, 1.54) is 0 Å². The summed E-state index contributed by atoms with van der Waals surface area (Å²) in [6.07, 6.45) is 3.98. The summed E-state index contributed by atoms with van der Waals surface area (Å²) in [5.74, 6) is 1.43. The summed E-state index contributed by atoms with van der Waals surface area (Å²) in [6.45, 7) is 0.505. The summed E-state index contributed by atoms with van der Waals surface area (Å²) >= 11 is 1.61. The number of rotatable bonds is 6. The van der Waals surface area contributed by atoms with E-state index in [0.717, 1.165) is 27.7 Å². The van der Waals surface area contributed by atoms with Crippen LogP contribution in [0.25, 0.3) is 16.4 Å². The van der Waals surface area contributed by atoms with Crippen molar-refractivity contribution in [1.29, 1.82) is 0 Å². The molecule has 130 valence electrons. The van der Waals surface area contributed by atoms with E-state index in [1.807, 2.05) is 77.6 Å². The van der Waals surface area contributed by atoms with Gasteiger partial charge in [-0.3, -0.25) is 0 Å². The van der Waals surface area contributed by atoms with Crippen LogP contribution in [-0.4, -0.2) is 16.7 Å². The predicted molar refractivity (Wildman–Crippen MR) is 104 cm³/mol. The van der Waals surface area contributed by atoms with Crippen LogP contribution in [0.5, 0.6) is 11.5 Å². The number of ether oxygens (including phenoxy) is 2. The van der Waals surface area contributed by atoms with Gasteiger partial charge in [0.25, 0.3) is 0 Å². The quantitative estimate of drug-likeness (QED) is 0.474. The number of hydrogen-bond acceptors (Lipinski definition) is 4. The van der Waals surface area contributed by atoms with E-state index >= 15 is 0 Å². The Bertz CT molecular complexity index is 978. The molecule has 0 aliphatic carbocycles. The lowest BCUT2D eigenvalue weighted by Gasteiger charge is -2.12. The molecule has 0 saturated carbocycles. The standard InChI is InChI=1S/C21H18N2O2S/c1-24-20-13-17(18-15-26-21(22-18)23-11-5-6-12-23)9-10-19(20)25-14-16-7-3-2-4-8-16/h2-13,15H,14H2,1H3. The molecule has 4 rings (SSSR count). The van der Waals surface area contributed by atoms with Crippen molar-refractivity contribution in [1.82, 2.24) is 9.55 Å². The maximum absolute atomic E-state index is 5.92. The van der Waals surface area contributed by atoms with E-state index in [1.54, 1.807) is 18.4 Å². The normalized spacial score (nSPS) is 10.7. The fourth-order valence-electron chi connectivity index (χ4n) is 2.66. The van der Waals surface area contributed by atoms with Gasteiger partial charge in [0.05, 0.1) is 12.8 Å². The van der Waals surface area contributed by atoms with Gasteiger partial charge in [-0.1, -0.05) is 30.3 Å². The Balaban J connectivity index is 1.55. The summed E-state index contributed by atoms with van der Waals surface area (Å²) < 4.78 is 13.4. The number of benzene rings is 2. The topological polar surface area (TPSA) is 36.3 Å². The van der Waals surface area contributed by atoms with Gasteiger partial charge in [0, 0.05) is 23.3 Å². The predicted octanol–water partition coefficient (Wildman–Crippen LogP) is 5.19. The van der Waals surface area contributed by atoms with Crippen LogP contribution in [0.4, 0.5) is 0 Å². The van der Waals surface area contributed by atoms with Crippen LogP contribution >= 0.6 is 11.3 Å². The molecule has 0 saturated heterocycles. The Morgan fingerprint density at radius 1 is 0.962 bits per heavy atom. The van der Waals surface area contributed by atoms with Gasteiger partial charge in [-0.05, 0) is 35.9 Å². The van der Waals surface area contributed by atoms with Crippen molar-refractivity contribution in [2.45, 2.75) is 6.61 Å². The molecule has 4 aromatic rings. The Hall–Kier alpha value is -3.05. The van der Waals surface area contributed by atoms with Crippen LogP contribution in [0.3, 0.4) is 0 Å². The van der Waals surface area contributed by atoms with Crippen molar-refractivity contribution in [3.05, 3.63) is 84.0 Å². The third-order valence-electron chi connectivity index (χ3n) is 4.01. The highest BCUT2D eigenvalue weighted by molar-refractivity contribution is 7.12. The van der Waals surface area contributed by atoms with Crippen molar-refractivity contribution in [2.24, 2.45) is 0 Å². The number of methoxy groups -OCH3 is 1. The Morgan fingerprint density at radius 2 is 1.77 bits per heavy atom. The number of aromatic nitrogens is 2. The number of nitrogens with zero attached hydrogens (tertiary/aromatic N) is 2. The summed E-state index contributed by atoms with van der Waals surface area (Å²) in [7, 11) is 1.65. The summed E-state index contributed by atoms with van der Waals surface area (Å²) in [5, 5.41) is 2.99. The number of hydrogen-bond donors (Lipinski definition) is 0. The molecule has 26 heavy (non-hydrogen) atoms. The van der Waals surface area contributed by atoms with E-state index in [0.29, 0.717) is 12.4 Å². The molecule has 4 nitrogen and oxygen atoms in total. The minimum Gasteiger partial charge on any atom is -0.493 e. The van der Waals surface area contributed by atoms with Crippen LogP contribution in [0.1, 0.15) is 5.56 Å². The van der Waals surface area contributed by atoms with Crippen LogP contribution in [0.15, 0.2) is 78.4 Å². The van der Waals surface area contributed by atoms with Crippen molar-refractivity contribution in [3.8, 4) is 27.9 Å². The minimum absolute atomic E-state index is 0.505. The molecule has 5 heteroatoms. The molecular formula is C21H18N2O2S. The Kier molecular flexibility index (Phi) is 4.71. The molecule has 0 amide bonds. The van der Waals surface area contributed by atoms with Gasteiger partial charge in [0.1, 0.15) is 6.61 Å². The van der Waals surface area contributed by atoms with Crippen LogP contribution in [0.2, 0.25) is 0 Å². The largest absolute Gasteiger partial charge is 0.493 e. The lowest BCUT2D eigenvalue weighted by Crippen LogP contribution is -1.97. The molecule has 0 atom stereocenters. The maximum Gasteiger partial charge on any atom is 0.194 e. The average molecular weight is 362 g/mol. The first kappa shape index (κ1) is 16.4. The Morgan fingerprint density at radius 3 is 2.54 bits per heavy atom. The molecule has 0 aliphatic rings. The highest BCUT2D eigenvalue weighted by Gasteiger charge is 2.11. The molecular weight excluding hydrogens is 344 g/mol. The summed E-state index contributed by atoms with van der Waals surface area (Å²) in [6, 6.07) is 20.0. The first-order chi connectivity index (χ1) is 12.8. The molecule has 0 radical (unpaired) electrons. The third-order valence-corrected chi connectivity index (χ3v) is 4.87. The zero-order chi connectivity index (χ0) is 17.8. The molecule has 0 aliphatic heterocycles. The van der Waals surface area contributed by atoms with E-state index < -0.39 is 0 Å². The van der Waals surface area contributed by atoms with E-state index in [4.69, 9.17) is 14.5 Å². The van der Waals surface area contributed by atoms with E-state index in [2.05, 4.69) is 5.38 Å². The fourth-order valence-corrected chi connectivity index (χ4v) is 3.46. The molecule has 0 fully saturated rings. The summed E-state index contributed by atoms with van der Waals surface area (Å²) in [5.41, 5.74) is 3.05. The van der Waals surface area contributed by atoms with E-state index in [-0.39, 0.29) is 0 Å². The monoisotopic (exact) mass is 362 g/mol. The average Bonchev–Trinajstić information content (AvgIpc) is 3.38. The van der Waals surface area contributed by atoms with Crippen LogP contribution < -0.4 is 9.47 Å². The van der Waals surface area contributed by atoms with Crippen molar-refractivity contribution < 1.29 is 9.47 Å². The first-order valence-corrected chi connectivity index (χ1v) is 9.15. The van der Waals surface area contributed by atoms with Crippen LogP contribution in [0, 0.1) is 0 Å². The van der Waals surface area contributed by atoms with Gasteiger partial charge in [-0.15, -0.1) is 11.3 Å². The molecule has 0 spiro atoms. The lowest BCUT2D eigenvalue weighted by atomic mass is 10.1. The zero-order valence-electron chi connectivity index (χ0n) is 14.3. The number of thiazole rings is 1. The van der Waals surface area contributed by atoms with Gasteiger partial charge in [0.2, 0.25) is 0 Å². The third kappa shape index (κ3) is 3.48. The van der Waals surface area contributed by atoms with Crippen molar-refractivity contribution >= 4 is 11.3 Å². The SMILES string of the molecule is COc1cc(-c2csc(-n3cccc3)n2)ccc1OCc1ccccc1. The van der Waals surface area contributed by atoms with Gasteiger partial charge >= 0.3 is 0 Å². The van der Waals surface area contributed by atoms with Gasteiger partial charge in [0.15, 0.2) is 16.6 Å². The highest BCUT2D eigenvalue weighted by atomic mass is 32.1. The second-order valence-electron chi connectivity index (χ2n) is 5.75. The molecule has 0 N–H and O–H groups in total. The smallest absolute Gasteiger partial charge is 0.194 e. The van der Waals surface area contributed by atoms with Gasteiger partial charge in [-0.25, -0.2) is 4.98 Å². The van der Waals surface area contributed by atoms with E-state index in [9.17, 15) is 0 Å². The lowest BCUT2D eigenvalue weighted by molar-refractivity contribution is 0.284. The second-order valence-corrected chi connectivity index (χ2v) is 6.58. The van der Waals surface area contributed by atoms with Crippen molar-refractivity contribution in [2.75, 3.05) is 7.11 Å². The maximum atomic E-state index is 5.92. The second kappa shape index (κ2) is 7.45. The molecule has 2 aromatic carbocycles. The fraction of sp³-hybridized carbons (Fsp3) is 0.0952.